The van der Waals surface area contributed by atoms with E-state index in [1.807, 2.05) is 49.4 Å². The van der Waals surface area contributed by atoms with Crippen LogP contribution < -0.4 is 9.62 Å². The number of hydrogen-bond donors (Lipinski definition) is 1. The second-order valence-electron chi connectivity index (χ2n) is 10.0. The Balaban J connectivity index is 1.82. The van der Waals surface area contributed by atoms with Gasteiger partial charge in [0.1, 0.15) is 12.6 Å². The Morgan fingerprint density at radius 3 is 2.12 bits per heavy atom. The molecule has 0 saturated heterocycles. The van der Waals surface area contributed by atoms with E-state index in [0.717, 1.165) is 15.4 Å². The second-order valence-corrected chi connectivity index (χ2v) is 12.3. The van der Waals surface area contributed by atoms with Crippen LogP contribution in [0.15, 0.2) is 108 Å². The lowest BCUT2D eigenvalue weighted by atomic mass is 10.0. The van der Waals surface area contributed by atoms with Gasteiger partial charge in [-0.05, 0) is 60.4 Å². The van der Waals surface area contributed by atoms with Crippen LogP contribution in [0.5, 0.6) is 0 Å². The Bertz CT molecular complexity index is 1650. The van der Waals surface area contributed by atoms with E-state index in [-0.39, 0.29) is 23.8 Å². The summed E-state index contributed by atoms with van der Waals surface area (Å²) in [5, 5.41) is 3.12. The van der Waals surface area contributed by atoms with Gasteiger partial charge in [-0.25, -0.2) is 8.42 Å². The molecule has 0 spiro atoms. The number of benzene rings is 4. The van der Waals surface area contributed by atoms with E-state index in [4.69, 9.17) is 11.6 Å². The van der Waals surface area contributed by atoms with Crippen molar-refractivity contribution >= 4 is 39.1 Å². The minimum Gasteiger partial charge on any atom is -0.357 e. The lowest BCUT2D eigenvalue weighted by Crippen LogP contribution is -2.53. The van der Waals surface area contributed by atoms with Crippen molar-refractivity contribution in [1.29, 1.82) is 0 Å². The summed E-state index contributed by atoms with van der Waals surface area (Å²) in [4.78, 5) is 29.2. The number of carbonyl (C=O) groups excluding carboxylic acids is 2. The van der Waals surface area contributed by atoms with Crippen LogP contribution in [0.3, 0.4) is 0 Å². The topological polar surface area (TPSA) is 86.8 Å². The van der Waals surface area contributed by atoms with Crippen molar-refractivity contribution in [3.63, 3.8) is 0 Å². The van der Waals surface area contributed by atoms with Crippen LogP contribution >= 0.6 is 11.6 Å². The van der Waals surface area contributed by atoms with Gasteiger partial charge in [-0.3, -0.25) is 13.9 Å². The van der Waals surface area contributed by atoms with Gasteiger partial charge in [0.2, 0.25) is 11.8 Å². The average molecular weight is 604 g/mol. The number of hydrogen-bond acceptors (Lipinski definition) is 4. The average Bonchev–Trinajstić information content (AvgIpc) is 3.00. The van der Waals surface area contributed by atoms with Gasteiger partial charge in [-0.2, -0.15) is 0 Å². The third kappa shape index (κ3) is 7.19. The normalized spacial score (nSPS) is 11.9. The largest absolute Gasteiger partial charge is 0.357 e. The van der Waals surface area contributed by atoms with Gasteiger partial charge >= 0.3 is 0 Å². The molecule has 9 heteroatoms. The molecule has 4 aromatic carbocycles. The summed E-state index contributed by atoms with van der Waals surface area (Å²) >= 11 is 6.50. The third-order valence-electron chi connectivity index (χ3n) is 7.06. The van der Waals surface area contributed by atoms with E-state index in [9.17, 15) is 18.0 Å². The molecule has 4 aromatic rings. The Kier molecular flexibility index (Phi) is 10.0. The zero-order valence-electron chi connectivity index (χ0n) is 23.8. The highest BCUT2D eigenvalue weighted by molar-refractivity contribution is 7.92. The van der Waals surface area contributed by atoms with E-state index >= 15 is 0 Å². The molecule has 0 radical (unpaired) electrons. The highest BCUT2D eigenvalue weighted by Gasteiger charge is 2.35. The first-order valence-corrected chi connectivity index (χ1v) is 15.4. The Labute approximate surface area is 252 Å². The molecule has 0 saturated carbocycles. The van der Waals surface area contributed by atoms with Crippen molar-refractivity contribution in [3.05, 3.63) is 130 Å². The van der Waals surface area contributed by atoms with E-state index < -0.39 is 28.5 Å². The second kappa shape index (κ2) is 13.7. The van der Waals surface area contributed by atoms with E-state index in [1.165, 1.54) is 24.1 Å². The Hall–Kier alpha value is -4.14. The summed E-state index contributed by atoms with van der Waals surface area (Å²) in [7, 11) is -2.64. The van der Waals surface area contributed by atoms with Crippen molar-refractivity contribution < 1.29 is 18.0 Å². The monoisotopic (exact) mass is 603 g/mol. The number of rotatable bonds is 11. The van der Waals surface area contributed by atoms with Gasteiger partial charge in [0, 0.05) is 25.0 Å². The number of likely N-dealkylation sites (N-methyl/N-ethyl adjacent to an activating group) is 1. The first kappa shape index (κ1) is 30.8. The summed E-state index contributed by atoms with van der Waals surface area (Å²) in [6, 6.07) is 29.0. The summed E-state index contributed by atoms with van der Waals surface area (Å²) in [6.07, 6.45) is 0.228. The van der Waals surface area contributed by atoms with Crippen LogP contribution in [0.2, 0.25) is 5.02 Å². The van der Waals surface area contributed by atoms with E-state index in [0.29, 0.717) is 21.8 Å². The molecule has 0 aliphatic rings. The summed E-state index contributed by atoms with van der Waals surface area (Å²) < 4.78 is 29.3. The summed E-state index contributed by atoms with van der Waals surface area (Å²) in [6.45, 7) is 3.16. The summed E-state index contributed by atoms with van der Waals surface area (Å²) in [5.41, 5.74) is 3.42. The molecular formula is C33H34ClN3O4S. The first-order chi connectivity index (χ1) is 20.1. The fourth-order valence-electron chi connectivity index (χ4n) is 4.75. The number of carbonyl (C=O) groups is 2. The number of amides is 2. The SMILES string of the molecule is CNC(=O)[C@@H](Cc1ccccc1)N(Cc1ccccc1Cl)C(=O)CN(c1cc(C)ccc1C)S(=O)(=O)c1ccccc1. The molecule has 4 rings (SSSR count). The van der Waals surface area contributed by atoms with Gasteiger partial charge in [0.05, 0.1) is 10.6 Å². The third-order valence-corrected chi connectivity index (χ3v) is 9.20. The fraction of sp³-hybridized carbons (Fsp3) is 0.212. The van der Waals surface area contributed by atoms with Gasteiger partial charge in [-0.1, -0.05) is 90.5 Å². The highest BCUT2D eigenvalue weighted by Crippen LogP contribution is 2.29. The Morgan fingerprint density at radius 1 is 0.857 bits per heavy atom. The molecular weight excluding hydrogens is 570 g/mol. The number of nitrogens with zero attached hydrogens (tertiary/aromatic N) is 2. The zero-order chi connectivity index (χ0) is 30.3. The quantitative estimate of drug-likeness (QED) is 0.244. The molecule has 218 valence electrons. The number of halogens is 1. The molecule has 7 nitrogen and oxygen atoms in total. The lowest BCUT2D eigenvalue weighted by Gasteiger charge is -2.34. The van der Waals surface area contributed by atoms with Crippen molar-refractivity contribution in [2.24, 2.45) is 0 Å². The highest BCUT2D eigenvalue weighted by atomic mass is 35.5. The smallest absolute Gasteiger partial charge is 0.264 e. The van der Waals surface area contributed by atoms with Gasteiger partial charge in [-0.15, -0.1) is 0 Å². The van der Waals surface area contributed by atoms with Crippen LogP contribution in [-0.4, -0.2) is 44.8 Å². The van der Waals surface area contributed by atoms with Crippen molar-refractivity contribution in [2.45, 2.75) is 37.8 Å². The van der Waals surface area contributed by atoms with Crippen molar-refractivity contribution in [1.82, 2.24) is 10.2 Å². The van der Waals surface area contributed by atoms with Crippen LogP contribution in [0.1, 0.15) is 22.3 Å². The maximum absolute atomic E-state index is 14.4. The molecule has 0 bridgehead atoms. The molecule has 42 heavy (non-hydrogen) atoms. The fourth-order valence-corrected chi connectivity index (χ4v) is 6.44. The molecule has 0 heterocycles. The minimum atomic E-state index is -4.15. The maximum atomic E-state index is 14.4. The molecule has 2 amide bonds. The molecule has 0 fully saturated rings. The van der Waals surface area contributed by atoms with Crippen LogP contribution in [0.25, 0.3) is 0 Å². The van der Waals surface area contributed by atoms with Crippen molar-refractivity contribution in [2.75, 3.05) is 17.9 Å². The molecule has 0 aliphatic carbocycles. The lowest BCUT2D eigenvalue weighted by molar-refractivity contribution is -0.139. The molecule has 0 aliphatic heterocycles. The van der Waals surface area contributed by atoms with Crippen LogP contribution in [0.4, 0.5) is 5.69 Å². The van der Waals surface area contributed by atoms with Gasteiger partial charge in [0.25, 0.3) is 10.0 Å². The minimum absolute atomic E-state index is 0.00938. The predicted octanol–water partition coefficient (Wildman–Crippen LogP) is 5.54. The molecule has 0 unspecified atom stereocenters. The van der Waals surface area contributed by atoms with E-state index in [2.05, 4.69) is 5.32 Å². The number of sulfonamides is 1. The van der Waals surface area contributed by atoms with Gasteiger partial charge < -0.3 is 10.2 Å². The molecule has 0 aromatic heterocycles. The maximum Gasteiger partial charge on any atom is 0.264 e. The van der Waals surface area contributed by atoms with Crippen LogP contribution in [-0.2, 0) is 32.6 Å². The Morgan fingerprint density at radius 2 is 1.48 bits per heavy atom. The van der Waals surface area contributed by atoms with Crippen LogP contribution in [0, 0.1) is 13.8 Å². The standard InChI is InChI=1S/C33H34ClN3O4S/c1-24-18-19-25(2)30(20-24)37(42(40,41)28-15-8-5-9-16-28)23-32(38)36(22-27-14-10-11-17-29(27)34)31(33(39)35-3)21-26-12-6-4-7-13-26/h4-20,31H,21-23H2,1-3H3,(H,35,39)/t31-/m1/s1. The van der Waals surface area contributed by atoms with Gasteiger partial charge in [0.15, 0.2) is 0 Å². The number of anilines is 1. The predicted molar refractivity (Wildman–Crippen MR) is 167 cm³/mol. The summed E-state index contributed by atoms with van der Waals surface area (Å²) in [5.74, 6) is -0.914. The molecule has 1 atom stereocenters. The zero-order valence-corrected chi connectivity index (χ0v) is 25.4. The van der Waals surface area contributed by atoms with Crippen molar-refractivity contribution in [3.8, 4) is 0 Å². The molecule has 1 N–H and O–H groups in total. The first-order valence-electron chi connectivity index (χ1n) is 13.5. The van der Waals surface area contributed by atoms with E-state index in [1.54, 1.807) is 55.5 Å². The number of nitrogens with one attached hydrogen (secondary N) is 1. The number of aryl methyl sites for hydroxylation is 2.